The van der Waals surface area contributed by atoms with Crippen LogP contribution in [0.3, 0.4) is 0 Å². The second-order valence-corrected chi connectivity index (χ2v) is 20.8. The molecular weight excluding hydrogens is 1220 g/mol. The molecule has 0 bridgehead atoms. The fraction of sp³-hybridized carbons (Fsp3) is 0.745. The third-order valence-corrected chi connectivity index (χ3v) is 13.3. The van der Waals surface area contributed by atoms with Crippen LogP contribution >= 0.6 is 11.8 Å². The van der Waals surface area contributed by atoms with E-state index in [9.17, 15) is 77.6 Å². The van der Waals surface area contributed by atoms with Gasteiger partial charge in [0.2, 0.25) is 23.6 Å². The summed E-state index contributed by atoms with van der Waals surface area (Å²) >= 11 is 1.21. The first-order valence-corrected chi connectivity index (χ1v) is 29.4. The summed E-state index contributed by atoms with van der Waals surface area (Å²) in [6, 6.07) is -3.08. The molecule has 0 saturated heterocycles. The Bertz CT molecular complexity index is 1990. The molecule has 30 heteroatoms. The fourth-order valence-corrected chi connectivity index (χ4v) is 8.29. The molecule has 0 aromatic rings. The van der Waals surface area contributed by atoms with Crippen LogP contribution in [0, 0.1) is 24.7 Å². The van der Waals surface area contributed by atoms with Gasteiger partial charge in [-0.3, -0.25) is 43.2 Å². The molecule has 28 nitrogen and oxygen atoms in total. The Hall–Kier alpha value is -4.88. The molecule has 4 amide bonds. The number of hydrogen-bond donors (Lipinski definition) is 11. The molecule has 0 aliphatic heterocycles. The van der Waals surface area contributed by atoms with Crippen LogP contribution in [0.2, 0.25) is 0 Å². The third-order valence-electron chi connectivity index (χ3n) is 12.1. The van der Waals surface area contributed by atoms with Gasteiger partial charge in [0.05, 0.1) is 69.9 Å². The molecule has 0 aromatic heterocycles. The number of ketones is 3. The van der Waals surface area contributed by atoms with Crippen molar-refractivity contribution in [3.63, 3.8) is 0 Å². The van der Waals surface area contributed by atoms with E-state index in [1.807, 2.05) is 0 Å². The molecular formula is C55H92N5O23SY-. The van der Waals surface area contributed by atoms with Gasteiger partial charge in [-0.2, -0.15) is 11.8 Å². The number of aliphatic carboxylic acids is 5. The van der Waals surface area contributed by atoms with Gasteiger partial charge in [0, 0.05) is 90.7 Å². The van der Waals surface area contributed by atoms with Crippen molar-refractivity contribution in [2.75, 3.05) is 84.1 Å². The van der Waals surface area contributed by atoms with Gasteiger partial charge < -0.3 is 93.1 Å². The monoisotopic (exact) mass is 1310 g/mol. The van der Waals surface area contributed by atoms with Crippen LogP contribution in [0.4, 0.5) is 0 Å². The minimum Gasteiger partial charge on any atom is -0.481 e. The zero-order valence-electron chi connectivity index (χ0n) is 49.0. The van der Waals surface area contributed by atoms with Gasteiger partial charge in [-0.25, -0.2) is 9.59 Å². The predicted octanol–water partition coefficient (Wildman–Crippen LogP) is 1.52. The average molecular weight is 1310 g/mol. The van der Waals surface area contributed by atoms with Gasteiger partial charge in [0.15, 0.2) is 5.78 Å². The van der Waals surface area contributed by atoms with Crippen LogP contribution in [-0.2, 0) is 114 Å². The first kappa shape index (κ1) is 84.3. The van der Waals surface area contributed by atoms with E-state index in [2.05, 4.69) is 28.2 Å². The van der Waals surface area contributed by atoms with Gasteiger partial charge in [-0.15, -0.1) is 5.92 Å². The summed E-state index contributed by atoms with van der Waals surface area (Å²) in [5.74, 6) is -11.4. The summed E-state index contributed by atoms with van der Waals surface area (Å²) in [6.45, 7) is 4.90. The average Bonchev–Trinajstić information content (AvgIpc) is 3.47. The molecule has 0 aromatic carbocycles. The Morgan fingerprint density at radius 3 is 1.46 bits per heavy atom. The fourth-order valence-electron chi connectivity index (χ4n) is 7.33. The Kier molecular flexibility index (Phi) is 55.3. The van der Waals surface area contributed by atoms with Gasteiger partial charge in [0.1, 0.15) is 43.2 Å². The van der Waals surface area contributed by atoms with E-state index in [1.54, 1.807) is 6.92 Å². The second-order valence-electron chi connectivity index (χ2n) is 19.8. The standard InChI is InChI=1S/C52H85N4O22S.C3H7NO.Y/c1-36(43(60)30-38(31-57)50(69)70)34-79-35-39(58)14-10-8-9-13-37(49(67)68)29-40(59)32-77-27-25-76-24-22-54-47(64)33-78-28-26-75-23-21-53-44(61)19-17-41(51(71)72)56-46(63)20-18-42(52(73)74)55-45(62)15-11-6-4-2-3-5-7-12-16-48(65)66;1-3(4)2-5;/h36-38,41-42,57H,1-35H2,(H,53,61)(H,54,64)(H,55,62)(H,56,63)(H,65,66)(H,67,68)(H,69,70)(H,71,72)(H,73,74);2-3H,4H2,1H3;/q-1;;/t36-,37?,38-,41+,42-;3-;/m00./s1. The number of aldehydes is 1. The molecule has 0 fully saturated rings. The van der Waals surface area contributed by atoms with Crippen LogP contribution in [0.15, 0.2) is 0 Å². The molecule has 0 rings (SSSR count). The van der Waals surface area contributed by atoms with E-state index in [1.165, 1.54) is 11.8 Å². The van der Waals surface area contributed by atoms with Crippen molar-refractivity contribution in [2.45, 2.75) is 160 Å². The number of aliphatic hydroxyl groups excluding tert-OH is 1. The number of thioether (sulfide) groups is 1. The van der Waals surface area contributed by atoms with Gasteiger partial charge in [0.25, 0.3) is 0 Å². The SMILES string of the molecule is C[C@H](N)C=O.[CH2-][C@@H](CSCC(=O)CCCCCC(CC(=O)COCCOCCNC(=O)COCCOCCNC(=O)CC[C@@H](NC(=O)CC[C@H](NC(=O)CCCCCCCCCCC(=O)O)C(=O)O)C(=O)O)C(=O)O)C(=O)C[C@@H](CO)C(=O)O.[Y]. The molecule has 0 aliphatic carbocycles. The number of amides is 4. The van der Waals surface area contributed by atoms with Crippen LogP contribution in [0.5, 0.6) is 0 Å². The molecule has 6 atom stereocenters. The maximum Gasteiger partial charge on any atom is 0.326 e. The topological polar surface area (TPSA) is 454 Å². The Balaban J connectivity index is -0.0000107. The van der Waals surface area contributed by atoms with Crippen LogP contribution in [0.1, 0.15) is 142 Å². The van der Waals surface area contributed by atoms with Gasteiger partial charge in [-0.05, 0) is 51.2 Å². The molecule has 1 radical (unpaired) electrons. The van der Waals surface area contributed by atoms with Crippen LogP contribution in [-0.4, -0.2) is 210 Å². The first-order valence-electron chi connectivity index (χ1n) is 28.3. The number of Topliss-reactive ketones (excluding diaryl/α,β-unsaturated/α-hetero) is 3. The van der Waals surface area contributed by atoms with Crippen molar-refractivity contribution in [2.24, 2.45) is 23.5 Å². The van der Waals surface area contributed by atoms with Crippen LogP contribution < -0.4 is 27.0 Å². The molecule has 12 N–H and O–H groups in total. The van der Waals surface area contributed by atoms with Gasteiger partial charge >= 0.3 is 29.8 Å². The second kappa shape index (κ2) is 55.7. The number of rotatable bonds is 56. The summed E-state index contributed by atoms with van der Waals surface area (Å²) < 4.78 is 21.3. The summed E-state index contributed by atoms with van der Waals surface area (Å²) in [4.78, 5) is 152. The Labute approximate surface area is 526 Å². The maximum absolute atomic E-state index is 12.5. The zero-order chi connectivity index (χ0) is 63.5. The molecule has 85 heavy (non-hydrogen) atoms. The number of unbranched alkanes of at least 4 members (excludes halogenated alkanes) is 9. The molecule has 485 valence electrons. The Morgan fingerprint density at radius 2 is 0.965 bits per heavy atom. The number of carboxylic acids is 5. The number of carboxylic acid groups (broad SMARTS) is 5. The first-order chi connectivity index (χ1) is 39.9. The minimum absolute atomic E-state index is 0. The zero-order valence-corrected chi connectivity index (χ0v) is 52.6. The van der Waals surface area contributed by atoms with E-state index in [4.69, 9.17) is 40.0 Å². The van der Waals surface area contributed by atoms with E-state index in [0.717, 1.165) is 38.5 Å². The summed E-state index contributed by atoms with van der Waals surface area (Å²) in [5.41, 5.74) is 4.92. The van der Waals surface area contributed by atoms with Crippen molar-refractivity contribution in [3.8, 4) is 0 Å². The maximum atomic E-state index is 12.5. The molecule has 0 saturated carbocycles. The van der Waals surface area contributed by atoms with Crippen molar-refractivity contribution < 1.29 is 145 Å². The number of nitrogens with one attached hydrogen (secondary N) is 4. The summed E-state index contributed by atoms with van der Waals surface area (Å²) in [7, 11) is 0. The van der Waals surface area contributed by atoms with Crippen LogP contribution in [0.25, 0.3) is 0 Å². The number of carbonyl (C=O) groups is 13. The molecule has 0 heterocycles. The summed E-state index contributed by atoms with van der Waals surface area (Å²) in [5, 5.41) is 65.2. The normalized spacial score (nSPS) is 12.9. The number of ether oxygens (including phenoxy) is 4. The van der Waals surface area contributed by atoms with Crippen molar-refractivity contribution in [1.29, 1.82) is 0 Å². The molecule has 1 unspecified atom stereocenters. The largest absolute Gasteiger partial charge is 0.481 e. The smallest absolute Gasteiger partial charge is 0.326 e. The van der Waals surface area contributed by atoms with Crippen molar-refractivity contribution >= 4 is 88.9 Å². The number of hydrogen-bond acceptors (Lipinski definition) is 20. The van der Waals surface area contributed by atoms with E-state index < -0.39 is 101 Å². The molecule has 0 spiro atoms. The number of carbonyl (C=O) groups excluding carboxylic acids is 8. The number of aliphatic hydroxyl groups is 1. The van der Waals surface area contributed by atoms with E-state index in [-0.39, 0.29) is 186 Å². The van der Waals surface area contributed by atoms with E-state index >= 15 is 0 Å². The predicted molar refractivity (Wildman–Crippen MR) is 303 cm³/mol. The minimum atomic E-state index is -1.43. The van der Waals surface area contributed by atoms with E-state index in [0.29, 0.717) is 38.4 Å². The van der Waals surface area contributed by atoms with Gasteiger partial charge in [-0.1, -0.05) is 51.4 Å². The van der Waals surface area contributed by atoms with Crippen molar-refractivity contribution in [1.82, 2.24) is 21.3 Å². The molecule has 0 aliphatic rings. The third kappa shape index (κ3) is 53.1. The summed E-state index contributed by atoms with van der Waals surface area (Å²) in [6.07, 6.45) is 7.84. The Morgan fingerprint density at radius 1 is 0.518 bits per heavy atom. The number of nitrogens with two attached hydrogens (primary N) is 1. The van der Waals surface area contributed by atoms with Crippen molar-refractivity contribution in [3.05, 3.63) is 6.92 Å². The quantitative estimate of drug-likeness (QED) is 0.0234.